The lowest BCUT2D eigenvalue weighted by Gasteiger charge is -2.36. The van der Waals surface area contributed by atoms with Crippen LogP contribution in [0, 0.1) is 11.7 Å². The van der Waals surface area contributed by atoms with Crippen LogP contribution in [0.3, 0.4) is 0 Å². The first kappa shape index (κ1) is 17.7. The topological polar surface area (TPSA) is 57.7 Å². The number of likely N-dealkylation sites (tertiary alicyclic amines) is 1. The zero-order valence-electron chi connectivity index (χ0n) is 13.7. The molecule has 2 rings (SSSR count). The van der Waals surface area contributed by atoms with E-state index in [1.165, 1.54) is 24.3 Å². The van der Waals surface area contributed by atoms with Crippen LogP contribution in [-0.4, -0.2) is 44.6 Å². The molecule has 2 atom stereocenters. The lowest BCUT2D eigenvalue weighted by Crippen LogP contribution is -2.51. The quantitative estimate of drug-likeness (QED) is 0.843. The van der Waals surface area contributed by atoms with Gasteiger partial charge in [-0.05, 0) is 49.9 Å². The van der Waals surface area contributed by atoms with Crippen LogP contribution in [0.4, 0.5) is 10.1 Å². The SMILES string of the molecule is CC1CCCN(C(=O)C(C)N(c2ccc(F)cc2)S(C)(=O)=O)C1. The number of piperidine rings is 1. The zero-order chi connectivity index (χ0) is 17.2. The van der Waals surface area contributed by atoms with Crippen LogP contribution >= 0.6 is 0 Å². The maximum absolute atomic E-state index is 13.1. The lowest BCUT2D eigenvalue weighted by atomic mass is 10.00. The summed E-state index contributed by atoms with van der Waals surface area (Å²) in [6.45, 7) is 4.95. The second-order valence-electron chi connectivity index (χ2n) is 6.24. The van der Waals surface area contributed by atoms with E-state index in [4.69, 9.17) is 0 Å². The Labute approximate surface area is 137 Å². The van der Waals surface area contributed by atoms with Gasteiger partial charge in [0.1, 0.15) is 11.9 Å². The number of anilines is 1. The van der Waals surface area contributed by atoms with E-state index in [0.717, 1.165) is 23.4 Å². The number of sulfonamides is 1. The van der Waals surface area contributed by atoms with Crippen molar-refractivity contribution in [1.82, 2.24) is 4.90 Å². The molecule has 1 aliphatic rings. The Hall–Kier alpha value is -1.63. The van der Waals surface area contributed by atoms with Gasteiger partial charge in [-0.15, -0.1) is 0 Å². The maximum atomic E-state index is 13.1. The molecule has 7 heteroatoms. The summed E-state index contributed by atoms with van der Waals surface area (Å²) in [6.07, 6.45) is 3.06. The molecule has 0 spiro atoms. The standard InChI is InChI=1S/C16H23FN2O3S/c1-12-5-4-10-18(11-12)16(20)13(2)19(23(3,21)22)15-8-6-14(17)7-9-15/h6-9,12-13H,4-5,10-11H2,1-3H3. The van der Waals surface area contributed by atoms with Crippen molar-refractivity contribution in [3.63, 3.8) is 0 Å². The van der Waals surface area contributed by atoms with Gasteiger partial charge in [0.25, 0.3) is 0 Å². The summed E-state index contributed by atoms with van der Waals surface area (Å²) < 4.78 is 38.5. The van der Waals surface area contributed by atoms with Gasteiger partial charge in [-0.3, -0.25) is 9.10 Å². The van der Waals surface area contributed by atoms with E-state index in [1.54, 1.807) is 11.8 Å². The smallest absolute Gasteiger partial charge is 0.246 e. The summed E-state index contributed by atoms with van der Waals surface area (Å²) in [5, 5.41) is 0. The molecule has 0 aliphatic carbocycles. The predicted octanol–water partition coefficient (Wildman–Crippen LogP) is 2.24. The van der Waals surface area contributed by atoms with E-state index < -0.39 is 21.9 Å². The fourth-order valence-electron chi connectivity index (χ4n) is 3.04. The molecule has 128 valence electrons. The third-order valence-electron chi connectivity index (χ3n) is 4.12. The van der Waals surface area contributed by atoms with Crippen molar-refractivity contribution in [3.8, 4) is 0 Å². The Morgan fingerprint density at radius 2 is 1.96 bits per heavy atom. The molecular weight excluding hydrogens is 319 g/mol. The van der Waals surface area contributed by atoms with E-state index in [1.807, 2.05) is 0 Å². The number of nitrogens with zero attached hydrogens (tertiary/aromatic N) is 2. The third-order valence-corrected chi connectivity index (χ3v) is 5.36. The molecule has 0 saturated carbocycles. The van der Waals surface area contributed by atoms with Gasteiger partial charge >= 0.3 is 0 Å². The average Bonchev–Trinajstić information content (AvgIpc) is 2.47. The van der Waals surface area contributed by atoms with Crippen molar-refractivity contribution >= 4 is 21.6 Å². The number of carbonyl (C=O) groups is 1. The van der Waals surface area contributed by atoms with Crippen LogP contribution in [0.15, 0.2) is 24.3 Å². The van der Waals surface area contributed by atoms with Crippen LogP contribution in [0.2, 0.25) is 0 Å². The van der Waals surface area contributed by atoms with Crippen molar-refractivity contribution in [2.45, 2.75) is 32.7 Å². The van der Waals surface area contributed by atoms with Crippen LogP contribution in [0.25, 0.3) is 0 Å². The van der Waals surface area contributed by atoms with Gasteiger partial charge in [-0.1, -0.05) is 6.92 Å². The van der Waals surface area contributed by atoms with Gasteiger partial charge in [-0.2, -0.15) is 0 Å². The van der Waals surface area contributed by atoms with Gasteiger partial charge < -0.3 is 4.90 Å². The first-order valence-electron chi connectivity index (χ1n) is 7.74. The van der Waals surface area contributed by atoms with Crippen molar-refractivity contribution < 1.29 is 17.6 Å². The monoisotopic (exact) mass is 342 g/mol. The summed E-state index contributed by atoms with van der Waals surface area (Å²) in [7, 11) is -3.66. The number of halogens is 1. The fraction of sp³-hybridized carbons (Fsp3) is 0.562. The molecule has 5 nitrogen and oxygen atoms in total. The van der Waals surface area contributed by atoms with Crippen molar-refractivity contribution in [2.24, 2.45) is 5.92 Å². The molecule has 0 aromatic heterocycles. The summed E-state index contributed by atoms with van der Waals surface area (Å²) in [4.78, 5) is 14.4. The molecule has 1 aromatic carbocycles. The second kappa shape index (κ2) is 6.86. The molecule has 0 N–H and O–H groups in total. The first-order valence-corrected chi connectivity index (χ1v) is 9.58. The molecule has 1 aliphatic heterocycles. The molecule has 1 heterocycles. The Balaban J connectivity index is 2.28. The minimum Gasteiger partial charge on any atom is -0.341 e. The molecule has 1 saturated heterocycles. The van der Waals surface area contributed by atoms with Crippen molar-refractivity contribution in [1.29, 1.82) is 0 Å². The fourth-order valence-corrected chi connectivity index (χ4v) is 4.21. The molecule has 1 aromatic rings. The van der Waals surface area contributed by atoms with Gasteiger partial charge in [-0.25, -0.2) is 12.8 Å². The van der Waals surface area contributed by atoms with E-state index >= 15 is 0 Å². The number of rotatable bonds is 4. The van der Waals surface area contributed by atoms with Gasteiger partial charge in [0, 0.05) is 13.1 Å². The van der Waals surface area contributed by atoms with Crippen LogP contribution in [0.5, 0.6) is 0 Å². The van der Waals surface area contributed by atoms with Gasteiger partial charge in [0.05, 0.1) is 11.9 Å². The lowest BCUT2D eigenvalue weighted by molar-refractivity contribution is -0.133. The van der Waals surface area contributed by atoms with E-state index in [-0.39, 0.29) is 5.91 Å². The van der Waals surface area contributed by atoms with Crippen LogP contribution in [-0.2, 0) is 14.8 Å². The molecule has 1 amide bonds. The van der Waals surface area contributed by atoms with Crippen LogP contribution in [0.1, 0.15) is 26.7 Å². The highest BCUT2D eigenvalue weighted by molar-refractivity contribution is 7.92. The highest BCUT2D eigenvalue weighted by atomic mass is 32.2. The molecule has 2 unspecified atom stereocenters. The van der Waals surface area contributed by atoms with Crippen molar-refractivity contribution in [2.75, 3.05) is 23.7 Å². The molecule has 1 fully saturated rings. The minimum atomic E-state index is -3.66. The Kier molecular flexibility index (Phi) is 5.29. The zero-order valence-corrected chi connectivity index (χ0v) is 14.5. The Bertz CT molecular complexity index is 660. The van der Waals surface area contributed by atoms with E-state index in [2.05, 4.69) is 6.92 Å². The number of hydrogen-bond acceptors (Lipinski definition) is 3. The van der Waals surface area contributed by atoms with Crippen molar-refractivity contribution in [3.05, 3.63) is 30.1 Å². The number of amides is 1. The Morgan fingerprint density at radius 3 is 2.48 bits per heavy atom. The molecule has 23 heavy (non-hydrogen) atoms. The van der Waals surface area contributed by atoms with Gasteiger partial charge in [0.2, 0.25) is 15.9 Å². The number of hydrogen-bond donors (Lipinski definition) is 0. The second-order valence-corrected chi connectivity index (χ2v) is 8.10. The van der Waals surface area contributed by atoms with E-state index in [0.29, 0.717) is 24.7 Å². The molecular formula is C16H23FN2O3S. The largest absolute Gasteiger partial charge is 0.341 e. The summed E-state index contributed by atoms with van der Waals surface area (Å²) >= 11 is 0. The highest BCUT2D eigenvalue weighted by Gasteiger charge is 2.33. The third kappa shape index (κ3) is 4.22. The predicted molar refractivity (Wildman–Crippen MR) is 88.2 cm³/mol. The number of carbonyl (C=O) groups excluding carboxylic acids is 1. The molecule has 0 radical (unpaired) electrons. The molecule has 0 bridgehead atoms. The van der Waals surface area contributed by atoms with E-state index in [9.17, 15) is 17.6 Å². The van der Waals surface area contributed by atoms with Crippen LogP contribution < -0.4 is 4.31 Å². The summed E-state index contributed by atoms with van der Waals surface area (Å²) in [5.41, 5.74) is 0.291. The van der Waals surface area contributed by atoms with Gasteiger partial charge in [0.15, 0.2) is 0 Å². The Morgan fingerprint density at radius 1 is 1.35 bits per heavy atom. The summed E-state index contributed by atoms with van der Waals surface area (Å²) in [6, 6.07) is 4.26. The minimum absolute atomic E-state index is 0.216. The first-order chi connectivity index (χ1) is 10.7. The average molecular weight is 342 g/mol. The summed E-state index contributed by atoms with van der Waals surface area (Å²) in [5.74, 6) is -0.255. The normalized spacial score (nSPS) is 20.2. The maximum Gasteiger partial charge on any atom is 0.246 e. The highest BCUT2D eigenvalue weighted by Crippen LogP contribution is 2.24. The number of benzene rings is 1.